The highest BCUT2D eigenvalue weighted by atomic mass is 19.4. The van der Waals surface area contributed by atoms with Crippen LogP contribution in [0.4, 0.5) is 18.0 Å². The quantitative estimate of drug-likeness (QED) is 0.723. The third kappa shape index (κ3) is 3.05. The molecule has 110 valence electrons. The second-order valence-corrected chi connectivity index (χ2v) is 5.78. The van der Waals surface area contributed by atoms with E-state index < -0.39 is 23.4 Å². The first-order valence-corrected chi connectivity index (χ1v) is 6.24. The molecule has 20 heavy (non-hydrogen) atoms. The third-order valence-electron chi connectivity index (χ3n) is 2.94. The molecule has 1 aliphatic heterocycles. The van der Waals surface area contributed by atoms with E-state index in [1.54, 1.807) is 26.8 Å². The summed E-state index contributed by atoms with van der Waals surface area (Å²) in [6, 6.07) is 4.01. The molecule has 2 rings (SSSR count). The van der Waals surface area contributed by atoms with E-state index in [1.807, 2.05) is 0 Å². The fraction of sp³-hybridized carbons (Fsp3) is 0.500. The van der Waals surface area contributed by atoms with E-state index in [-0.39, 0.29) is 18.7 Å². The van der Waals surface area contributed by atoms with Gasteiger partial charge in [-0.25, -0.2) is 4.79 Å². The first-order chi connectivity index (χ1) is 9.08. The lowest BCUT2D eigenvalue weighted by molar-refractivity contribution is -0.138. The van der Waals surface area contributed by atoms with Crippen molar-refractivity contribution in [1.29, 1.82) is 0 Å². The molecule has 1 aliphatic rings. The average molecular weight is 287 g/mol. The van der Waals surface area contributed by atoms with Gasteiger partial charge in [-0.1, -0.05) is 12.1 Å². The fourth-order valence-electron chi connectivity index (χ4n) is 2.14. The molecule has 1 amide bonds. The number of benzene rings is 1. The first kappa shape index (κ1) is 14.7. The van der Waals surface area contributed by atoms with Crippen molar-refractivity contribution in [3.05, 3.63) is 34.9 Å². The zero-order valence-electron chi connectivity index (χ0n) is 11.5. The summed E-state index contributed by atoms with van der Waals surface area (Å²) in [6.07, 6.45) is -5.00. The molecule has 0 N–H and O–H groups in total. The number of carbonyl (C=O) groups excluding carboxylic acids is 1. The minimum atomic E-state index is -4.41. The van der Waals surface area contributed by atoms with E-state index in [4.69, 9.17) is 4.74 Å². The van der Waals surface area contributed by atoms with Gasteiger partial charge >= 0.3 is 12.3 Å². The number of halogens is 3. The Morgan fingerprint density at radius 2 is 1.85 bits per heavy atom. The van der Waals surface area contributed by atoms with Gasteiger partial charge in [0, 0.05) is 6.54 Å². The van der Waals surface area contributed by atoms with Crippen molar-refractivity contribution in [3.8, 4) is 0 Å². The molecule has 0 spiro atoms. The van der Waals surface area contributed by atoms with E-state index in [0.29, 0.717) is 5.56 Å². The lowest BCUT2D eigenvalue weighted by atomic mass is 10.0. The number of carbonyl (C=O) groups is 1. The van der Waals surface area contributed by atoms with Crippen LogP contribution in [0.5, 0.6) is 0 Å². The maximum absolute atomic E-state index is 12.9. The molecule has 1 aromatic carbocycles. The van der Waals surface area contributed by atoms with Gasteiger partial charge in [-0.2, -0.15) is 13.2 Å². The summed E-state index contributed by atoms with van der Waals surface area (Å²) < 4.78 is 43.9. The van der Waals surface area contributed by atoms with Gasteiger partial charge in [0.15, 0.2) is 0 Å². The molecule has 0 saturated heterocycles. The highest BCUT2D eigenvalue weighted by molar-refractivity contribution is 5.69. The molecule has 0 radical (unpaired) electrons. The largest absolute Gasteiger partial charge is 0.444 e. The van der Waals surface area contributed by atoms with Crippen molar-refractivity contribution in [3.63, 3.8) is 0 Å². The summed E-state index contributed by atoms with van der Waals surface area (Å²) in [5.74, 6) is 0. The summed E-state index contributed by atoms with van der Waals surface area (Å²) >= 11 is 0. The lowest BCUT2D eigenvalue weighted by Gasteiger charge is -2.24. The van der Waals surface area contributed by atoms with Crippen molar-refractivity contribution in [1.82, 2.24) is 4.90 Å². The molecular weight excluding hydrogens is 271 g/mol. The first-order valence-electron chi connectivity index (χ1n) is 6.24. The number of rotatable bonds is 0. The molecule has 0 aliphatic carbocycles. The van der Waals surface area contributed by atoms with Gasteiger partial charge in [-0.15, -0.1) is 0 Å². The number of hydrogen-bond donors (Lipinski definition) is 0. The number of alkyl halides is 3. The summed E-state index contributed by atoms with van der Waals surface area (Å²) in [5.41, 5.74) is -0.670. The van der Waals surface area contributed by atoms with Crippen LogP contribution in [0.25, 0.3) is 0 Å². The molecule has 3 nitrogen and oxygen atoms in total. The van der Waals surface area contributed by atoms with Gasteiger partial charge in [0.2, 0.25) is 0 Å². The van der Waals surface area contributed by atoms with Gasteiger partial charge < -0.3 is 4.74 Å². The Hall–Kier alpha value is -1.72. The highest BCUT2D eigenvalue weighted by Crippen LogP contribution is 2.37. The average Bonchev–Trinajstić information content (AvgIpc) is 2.68. The summed E-state index contributed by atoms with van der Waals surface area (Å²) in [7, 11) is 0. The minimum Gasteiger partial charge on any atom is -0.444 e. The smallest absolute Gasteiger partial charge is 0.416 e. The van der Waals surface area contributed by atoms with Crippen LogP contribution in [0.2, 0.25) is 0 Å². The van der Waals surface area contributed by atoms with E-state index in [0.717, 1.165) is 6.07 Å². The van der Waals surface area contributed by atoms with Gasteiger partial charge in [-0.05, 0) is 38.0 Å². The molecule has 1 aromatic rings. The Bertz CT molecular complexity index is 532. The van der Waals surface area contributed by atoms with Crippen LogP contribution in [0.1, 0.15) is 37.5 Å². The van der Waals surface area contributed by atoms with Gasteiger partial charge in [0.25, 0.3) is 0 Å². The van der Waals surface area contributed by atoms with Gasteiger partial charge in [0.1, 0.15) is 5.60 Å². The molecule has 0 fully saturated rings. The predicted octanol–water partition coefficient (Wildman–Crippen LogP) is 3.96. The van der Waals surface area contributed by atoms with Crippen LogP contribution in [0, 0.1) is 0 Å². The second kappa shape index (κ2) is 4.68. The van der Waals surface area contributed by atoms with Crippen molar-refractivity contribution < 1.29 is 22.7 Å². The highest BCUT2D eigenvalue weighted by Gasteiger charge is 2.38. The summed E-state index contributed by atoms with van der Waals surface area (Å²) in [6.45, 7) is 5.23. The van der Waals surface area contributed by atoms with Crippen LogP contribution in [0.3, 0.4) is 0 Å². The Labute approximate surface area is 115 Å². The van der Waals surface area contributed by atoms with Crippen LogP contribution in [0.15, 0.2) is 18.2 Å². The van der Waals surface area contributed by atoms with E-state index in [9.17, 15) is 18.0 Å². The molecule has 0 unspecified atom stereocenters. The van der Waals surface area contributed by atoms with E-state index in [1.165, 1.54) is 11.0 Å². The zero-order valence-corrected chi connectivity index (χ0v) is 11.5. The topological polar surface area (TPSA) is 29.5 Å². The fourth-order valence-corrected chi connectivity index (χ4v) is 2.14. The molecular formula is C14H16F3NO2. The van der Waals surface area contributed by atoms with Crippen LogP contribution < -0.4 is 0 Å². The summed E-state index contributed by atoms with van der Waals surface area (Å²) in [5, 5.41) is 0. The minimum absolute atomic E-state index is 0.0695. The summed E-state index contributed by atoms with van der Waals surface area (Å²) in [4.78, 5) is 13.2. The number of ether oxygens (including phenoxy) is 1. The normalized spacial score (nSPS) is 15.2. The standard InChI is InChI=1S/C14H16F3NO2/c1-13(2,3)20-12(19)18-7-9-5-4-6-11(10(9)8-18)14(15,16)17/h4-6H,7-8H2,1-3H3. The maximum Gasteiger partial charge on any atom is 0.416 e. The molecule has 0 atom stereocenters. The van der Waals surface area contributed by atoms with E-state index >= 15 is 0 Å². The van der Waals surface area contributed by atoms with Crippen LogP contribution >= 0.6 is 0 Å². The van der Waals surface area contributed by atoms with E-state index in [2.05, 4.69) is 0 Å². The Kier molecular flexibility index (Phi) is 3.44. The SMILES string of the molecule is CC(C)(C)OC(=O)N1Cc2cccc(C(F)(F)F)c2C1. The molecule has 0 aromatic heterocycles. The van der Waals surface area contributed by atoms with Crippen molar-refractivity contribution in [2.45, 2.75) is 45.6 Å². The monoisotopic (exact) mass is 287 g/mol. The van der Waals surface area contributed by atoms with Crippen LogP contribution in [-0.4, -0.2) is 16.6 Å². The third-order valence-corrected chi connectivity index (χ3v) is 2.94. The second-order valence-electron chi connectivity index (χ2n) is 5.78. The number of hydrogen-bond acceptors (Lipinski definition) is 2. The maximum atomic E-state index is 12.9. The molecule has 0 saturated carbocycles. The Morgan fingerprint density at radius 1 is 1.20 bits per heavy atom. The van der Waals surface area contributed by atoms with Crippen LogP contribution in [-0.2, 0) is 24.0 Å². The van der Waals surface area contributed by atoms with Crippen molar-refractivity contribution in [2.24, 2.45) is 0 Å². The van der Waals surface area contributed by atoms with Gasteiger partial charge in [0.05, 0.1) is 12.1 Å². The Balaban J connectivity index is 2.22. The predicted molar refractivity (Wildman–Crippen MR) is 66.9 cm³/mol. The Morgan fingerprint density at radius 3 is 2.40 bits per heavy atom. The van der Waals surface area contributed by atoms with Crippen molar-refractivity contribution >= 4 is 6.09 Å². The number of nitrogens with zero attached hydrogens (tertiary/aromatic N) is 1. The van der Waals surface area contributed by atoms with Gasteiger partial charge in [-0.3, -0.25) is 4.90 Å². The number of fused-ring (bicyclic) bond motifs is 1. The molecule has 0 bridgehead atoms. The number of amides is 1. The zero-order chi connectivity index (χ0) is 15.1. The molecule has 1 heterocycles. The van der Waals surface area contributed by atoms with Crippen molar-refractivity contribution in [2.75, 3.05) is 0 Å². The molecule has 6 heteroatoms. The lowest BCUT2D eigenvalue weighted by Crippen LogP contribution is -2.33.